The van der Waals surface area contributed by atoms with Gasteiger partial charge in [0.05, 0.1) is 18.0 Å². The first-order chi connectivity index (χ1) is 13.6. The highest BCUT2D eigenvalue weighted by Crippen LogP contribution is 2.28. The number of esters is 1. The zero-order chi connectivity index (χ0) is 19.9. The van der Waals surface area contributed by atoms with Gasteiger partial charge in [0, 0.05) is 0 Å². The van der Waals surface area contributed by atoms with Crippen LogP contribution in [0.25, 0.3) is 0 Å². The minimum absolute atomic E-state index is 0.129. The van der Waals surface area contributed by atoms with Gasteiger partial charge in [0.25, 0.3) is 5.91 Å². The van der Waals surface area contributed by atoms with Crippen LogP contribution in [0.5, 0.6) is 11.5 Å². The Morgan fingerprint density at radius 2 is 1.68 bits per heavy atom. The number of para-hydroxylation sites is 2. The van der Waals surface area contributed by atoms with E-state index in [0.717, 1.165) is 0 Å². The fourth-order valence-electron chi connectivity index (χ4n) is 2.66. The molecule has 0 spiro atoms. The molecule has 0 aliphatic carbocycles. The lowest BCUT2D eigenvalue weighted by Gasteiger charge is -2.28. The highest BCUT2D eigenvalue weighted by Gasteiger charge is 2.27. The molecule has 8 nitrogen and oxygen atoms in total. The van der Waals surface area contributed by atoms with Gasteiger partial charge in [0.15, 0.2) is 13.2 Å². The molecule has 8 heteroatoms. The molecule has 1 aliphatic rings. The molecule has 2 aromatic rings. The third kappa shape index (κ3) is 4.79. The highest BCUT2D eigenvalue weighted by molar-refractivity contribution is 6.10. The van der Waals surface area contributed by atoms with E-state index in [1.165, 1.54) is 4.90 Å². The van der Waals surface area contributed by atoms with Gasteiger partial charge in [-0.25, -0.2) is 4.79 Å². The minimum atomic E-state index is -0.683. The topological polar surface area (TPSA) is 94.2 Å². The third-order valence-electron chi connectivity index (χ3n) is 3.92. The molecule has 0 aromatic heterocycles. The Hall–Kier alpha value is -3.55. The van der Waals surface area contributed by atoms with Gasteiger partial charge in [-0.2, -0.15) is 0 Å². The molecule has 0 saturated heterocycles. The molecule has 0 atom stereocenters. The molecule has 0 unspecified atom stereocenters. The van der Waals surface area contributed by atoms with Gasteiger partial charge in [-0.15, -0.1) is 0 Å². The molecule has 28 heavy (non-hydrogen) atoms. The predicted octanol–water partition coefficient (Wildman–Crippen LogP) is 1.99. The van der Waals surface area contributed by atoms with Crippen molar-refractivity contribution in [2.45, 2.75) is 6.92 Å². The summed E-state index contributed by atoms with van der Waals surface area (Å²) < 4.78 is 15.6. The van der Waals surface area contributed by atoms with E-state index in [9.17, 15) is 14.4 Å². The molecule has 3 rings (SSSR count). The van der Waals surface area contributed by atoms with Crippen molar-refractivity contribution >= 4 is 29.2 Å². The molecule has 0 fully saturated rings. The monoisotopic (exact) mass is 384 g/mol. The van der Waals surface area contributed by atoms with Crippen LogP contribution in [0.2, 0.25) is 0 Å². The summed E-state index contributed by atoms with van der Waals surface area (Å²) in [6.45, 7) is 1.50. The van der Waals surface area contributed by atoms with E-state index in [1.54, 1.807) is 48.5 Å². The van der Waals surface area contributed by atoms with Crippen LogP contribution in [-0.2, 0) is 19.1 Å². The van der Waals surface area contributed by atoms with Crippen molar-refractivity contribution in [3.05, 3.63) is 48.5 Å². The molecule has 1 aliphatic heterocycles. The lowest BCUT2D eigenvalue weighted by atomic mass is 10.2. The molecular weight excluding hydrogens is 364 g/mol. The van der Waals surface area contributed by atoms with Crippen LogP contribution in [0, 0.1) is 0 Å². The zero-order valence-corrected chi connectivity index (χ0v) is 15.3. The average Bonchev–Trinajstić information content (AvgIpc) is 2.71. The van der Waals surface area contributed by atoms with Crippen molar-refractivity contribution in [2.75, 3.05) is 36.6 Å². The first-order valence-electron chi connectivity index (χ1n) is 8.77. The van der Waals surface area contributed by atoms with E-state index < -0.39 is 18.5 Å². The van der Waals surface area contributed by atoms with Crippen LogP contribution in [0.1, 0.15) is 6.92 Å². The van der Waals surface area contributed by atoms with Crippen LogP contribution in [0.3, 0.4) is 0 Å². The predicted molar refractivity (Wildman–Crippen MR) is 101 cm³/mol. The Kier molecular flexibility index (Phi) is 6.11. The van der Waals surface area contributed by atoms with Gasteiger partial charge in [-0.05, 0) is 43.3 Å². The van der Waals surface area contributed by atoms with E-state index >= 15 is 0 Å². The van der Waals surface area contributed by atoms with Crippen molar-refractivity contribution < 1.29 is 28.6 Å². The Morgan fingerprint density at radius 1 is 1.00 bits per heavy atom. The maximum atomic E-state index is 12.4. The van der Waals surface area contributed by atoms with Gasteiger partial charge >= 0.3 is 5.97 Å². The van der Waals surface area contributed by atoms with Gasteiger partial charge < -0.3 is 19.5 Å². The first-order valence-corrected chi connectivity index (χ1v) is 8.77. The van der Waals surface area contributed by atoms with E-state index in [1.807, 2.05) is 6.92 Å². The first kappa shape index (κ1) is 19.2. The number of ether oxygens (including phenoxy) is 3. The van der Waals surface area contributed by atoms with Crippen LogP contribution >= 0.6 is 0 Å². The normalized spacial score (nSPS) is 12.6. The van der Waals surface area contributed by atoms with Crippen LogP contribution in [0.4, 0.5) is 11.4 Å². The summed E-state index contributed by atoms with van der Waals surface area (Å²) in [6.07, 6.45) is 0. The van der Waals surface area contributed by atoms with Crippen molar-refractivity contribution in [3.8, 4) is 11.5 Å². The largest absolute Gasteiger partial charge is 0.494 e. The van der Waals surface area contributed by atoms with E-state index in [4.69, 9.17) is 14.2 Å². The molecule has 2 aromatic carbocycles. The number of carbonyl (C=O) groups excluding carboxylic acids is 3. The summed E-state index contributed by atoms with van der Waals surface area (Å²) in [5, 5.41) is 2.69. The molecule has 1 N–H and O–H groups in total. The number of amides is 2. The summed E-state index contributed by atoms with van der Waals surface area (Å²) in [5.74, 6) is -0.298. The van der Waals surface area contributed by atoms with Crippen molar-refractivity contribution in [2.24, 2.45) is 0 Å². The Balaban J connectivity index is 1.49. The van der Waals surface area contributed by atoms with Gasteiger partial charge in [-0.1, -0.05) is 12.1 Å². The second kappa shape index (κ2) is 8.90. The number of hydrogen-bond donors (Lipinski definition) is 1. The second-order valence-corrected chi connectivity index (χ2v) is 5.90. The number of nitrogens with zero attached hydrogens (tertiary/aromatic N) is 1. The maximum Gasteiger partial charge on any atom is 0.344 e. The lowest BCUT2D eigenvalue weighted by Crippen LogP contribution is -2.44. The zero-order valence-electron chi connectivity index (χ0n) is 15.3. The van der Waals surface area contributed by atoms with Crippen LogP contribution in [0.15, 0.2) is 48.5 Å². The number of fused-ring (bicyclic) bond motifs is 1. The molecule has 0 bridgehead atoms. The molecule has 2 amide bonds. The van der Waals surface area contributed by atoms with Gasteiger partial charge in [0.2, 0.25) is 5.91 Å². The molecule has 146 valence electrons. The van der Waals surface area contributed by atoms with Crippen molar-refractivity contribution in [1.29, 1.82) is 0 Å². The summed E-state index contributed by atoms with van der Waals surface area (Å²) in [5.41, 5.74) is 1.10. The summed E-state index contributed by atoms with van der Waals surface area (Å²) in [6, 6.07) is 13.7. The number of benzene rings is 2. The molecule has 0 saturated carbocycles. The fraction of sp³-hybridized carbons (Fsp3) is 0.250. The van der Waals surface area contributed by atoms with Crippen LogP contribution < -0.4 is 19.7 Å². The number of carbonyl (C=O) groups is 3. The number of nitrogens with one attached hydrogen (secondary N) is 1. The second-order valence-electron chi connectivity index (χ2n) is 5.90. The van der Waals surface area contributed by atoms with Crippen LogP contribution in [-0.4, -0.2) is 44.1 Å². The van der Waals surface area contributed by atoms with Gasteiger partial charge in [-0.3, -0.25) is 14.5 Å². The van der Waals surface area contributed by atoms with E-state index in [-0.39, 0.29) is 19.1 Å². The SMILES string of the molecule is CCOc1ccc(OCC(=O)OCC(=O)N2CC(=O)Nc3ccccc32)cc1. The fourth-order valence-corrected chi connectivity index (χ4v) is 2.66. The Bertz CT molecular complexity index is 865. The van der Waals surface area contributed by atoms with Crippen molar-refractivity contribution in [1.82, 2.24) is 0 Å². The van der Waals surface area contributed by atoms with E-state index in [2.05, 4.69) is 5.32 Å². The summed E-state index contributed by atoms with van der Waals surface area (Å²) in [7, 11) is 0. The lowest BCUT2D eigenvalue weighted by molar-refractivity contribution is -0.149. The van der Waals surface area contributed by atoms with Gasteiger partial charge in [0.1, 0.15) is 18.0 Å². The number of rotatable bonds is 7. The van der Waals surface area contributed by atoms with Crippen molar-refractivity contribution in [3.63, 3.8) is 0 Å². The standard InChI is InChI=1S/C20H20N2O6/c1-2-26-14-7-9-15(10-8-14)27-13-20(25)28-12-19(24)22-11-18(23)21-16-5-3-4-6-17(16)22/h3-10H,2,11-13H2,1H3,(H,21,23). The average molecular weight is 384 g/mol. The maximum absolute atomic E-state index is 12.4. The molecule has 1 heterocycles. The molecular formula is C20H20N2O6. The quantitative estimate of drug-likeness (QED) is 0.734. The smallest absolute Gasteiger partial charge is 0.344 e. The Labute approximate surface area is 162 Å². The summed E-state index contributed by atoms with van der Waals surface area (Å²) >= 11 is 0. The minimum Gasteiger partial charge on any atom is -0.494 e. The third-order valence-corrected chi connectivity index (χ3v) is 3.92. The highest BCUT2D eigenvalue weighted by atomic mass is 16.6. The summed E-state index contributed by atoms with van der Waals surface area (Å²) in [4.78, 5) is 37.3. The number of hydrogen-bond acceptors (Lipinski definition) is 6. The van der Waals surface area contributed by atoms with E-state index in [0.29, 0.717) is 29.5 Å². The molecule has 0 radical (unpaired) electrons. The number of anilines is 2. The Morgan fingerprint density at radius 3 is 2.39 bits per heavy atom.